The third-order valence-corrected chi connectivity index (χ3v) is 3.11. The minimum Gasteiger partial charge on any atom is -0.512 e. The molecular weight excluding hydrogens is 534 g/mol. The zero-order valence-corrected chi connectivity index (χ0v) is 18.4. The van der Waals surface area contributed by atoms with E-state index in [1.165, 1.54) is 19.9 Å². The van der Waals surface area contributed by atoms with Crippen LogP contribution in [0.4, 0.5) is 0 Å². The Hall–Kier alpha value is -3.01. The summed E-state index contributed by atoms with van der Waals surface area (Å²) in [6, 6.07) is 13.2. The van der Waals surface area contributed by atoms with E-state index >= 15 is 0 Å². The fourth-order valence-corrected chi connectivity index (χ4v) is 2.10. The van der Waals surface area contributed by atoms with E-state index in [4.69, 9.17) is 16.9 Å². The molecule has 1 N–H and O–H groups in total. The van der Waals surface area contributed by atoms with Gasteiger partial charge in [0.15, 0.2) is 5.78 Å². The number of allylic oxidation sites excluding steroid dienone is 2. The van der Waals surface area contributed by atoms with Crippen molar-refractivity contribution in [2.45, 2.75) is 27.7 Å². The SMILES string of the molecule is CC(=O)/C=C(/C)O.Cc1ccn(-c2[c-]c(-n3ccc(C)n3)ccc2)n1.[C-]#N.[Ir]. The number of rotatable bonds is 3. The predicted molar refractivity (Wildman–Crippen MR) is 101 cm³/mol. The number of hydrogen-bond donors (Lipinski definition) is 1. The Morgan fingerprint density at radius 3 is 1.71 bits per heavy atom. The van der Waals surface area contributed by atoms with Crippen LogP contribution in [0, 0.1) is 31.7 Å². The molecule has 0 aliphatic heterocycles. The summed E-state index contributed by atoms with van der Waals surface area (Å²) >= 11 is 0. The van der Waals surface area contributed by atoms with E-state index in [1.54, 1.807) is 0 Å². The molecular formula is C20H21IrN5O2-2. The van der Waals surface area contributed by atoms with Gasteiger partial charge in [-0.3, -0.25) is 14.2 Å². The summed E-state index contributed by atoms with van der Waals surface area (Å²) in [6.07, 6.45) is 5.03. The van der Waals surface area contributed by atoms with Gasteiger partial charge in [-0.15, -0.1) is 18.2 Å². The molecule has 0 fully saturated rings. The van der Waals surface area contributed by atoms with Crippen LogP contribution in [0.3, 0.4) is 0 Å². The number of carbonyl (C=O) groups excluding carboxylic acids is 1. The van der Waals surface area contributed by atoms with E-state index in [1.807, 2.05) is 65.9 Å². The predicted octanol–water partition coefficient (Wildman–Crippen LogP) is 3.61. The number of benzene rings is 1. The van der Waals surface area contributed by atoms with E-state index in [0.29, 0.717) is 0 Å². The normalized spacial score (nSPS) is 9.86. The molecule has 0 aliphatic rings. The van der Waals surface area contributed by atoms with Crippen molar-refractivity contribution in [2.75, 3.05) is 0 Å². The fourth-order valence-electron chi connectivity index (χ4n) is 2.10. The van der Waals surface area contributed by atoms with Crippen molar-refractivity contribution < 1.29 is 30.0 Å². The summed E-state index contributed by atoms with van der Waals surface area (Å²) in [6.45, 7) is 11.5. The van der Waals surface area contributed by atoms with E-state index in [0.717, 1.165) is 22.8 Å². The molecule has 2 heterocycles. The van der Waals surface area contributed by atoms with Gasteiger partial charge in [0, 0.05) is 38.6 Å². The molecule has 0 amide bonds. The standard InChI is InChI=1S/C14H13N4.C5H8O2.CN.Ir/c1-11-6-8-17(15-11)13-4-3-5-14(10-13)18-9-7-12(2)16-18;1-4(6)3-5(2)7;1-2;/h3-9H,1-2H3;3,6H,1-2H3;;/q-1;;-1;/b;4-3-;;. The van der Waals surface area contributed by atoms with Gasteiger partial charge in [-0.1, -0.05) is 0 Å². The van der Waals surface area contributed by atoms with Crippen molar-refractivity contribution >= 4 is 5.78 Å². The third-order valence-electron chi connectivity index (χ3n) is 3.11. The maximum atomic E-state index is 10.0. The number of carbonyl (C=O) groups is 1. The zero-order chi connectivity index (χ0) is 20.4. The van der Waals surface area contributed by atoms with Gasteiger partial charge in [-0.2, -0.15) is 16.3 Å². The molecule has 28 heavy (non-hydrogen) atoms. The van der Waals surface area contributed by atoms with E-state index < -0.39 is 0 Å². The van der Waals surface area contributed by atoms with Crippen molar-refractivity contribution in [1.82, 2.24) is 19.6 Å². The monoisotopic (exact) mass is 556 g/mol. The summed E-state index contributed by atoms with van der Waals surface area (Å²) in [5.41, 5.74) is 3.80. The van der Waals surface area contributed by atoms with Crippen LogP contribution >= 0.6 is 0 Å². The maximum Gasteiger partial charge on any atom is 0.155 e. The van der Waals surface area contributed by atoms with E-state index in [2.05, 4.69) is 16.3 Å². The van der Waals surface area contributed by atoms with Gasteiger partial charge in [0.1, 0.15) is 0 Å². The van der Waals surface area contributed by atoms with Crippen LogP contribution in [0.15, 0.2) is 54.6 Å². The van der Waals surface area contributed by atoms with Gasteiger partial charge in [-0.25, -0.2) is 0 Å². The topological polar surface area (TPSA) is 96.7 Å². The average molecular weight is 556 g/mol. The van der Waals surface area contributed by atoms with Crippen LogP contribution in [-0.2, 0) is 24.9 Å². The molecule has 3 aromatic rings. The van der Waals surface area contributed by atoms with Crippen molar-refractivity contribution in [3.05, 3.63) is 78.6 Å². The minimum absolute atomic E-state index is 0. The first-order valence-electron chi connectivity index (χ1n) is 8.03. The molecule has 2 aromatic heterocycles. The molecule has 1 aromatic carbocycles. The van der Waals surface area contributed by atoms with Crippen LogP contribution in [0.2, 0.25) is 0 Å². The molecule has 0 bridgehead atoms. The molecule has 8 heteroatoms. The molecule has 3 rings (SSSR count). The van der Waals surface area contributed by atoms with Gasteiger partial charge in [0.25, 0.3) is 0 Å². The van der Waals surface area contributed by atoms with Gasteiger partial charge < -0.3 is 16.9 Å². The van der Waals surface area contributed by atoms with Gasteiger partial charge in [-0.05, 0) is 51.2 Å². The quantitative estimate of drug-likeness (QED) is 0.303. The average Bonchev–Trinajstić information content (AvgIpc) is 3.25. The first-order valence-corrected chi connectivity index (χ1v) is 8.03. The molecule has 0 saturated carbocycles. The first kappa shape index (κ1) is 25.0. The Balaban J connectivity index is 0.000000628. The number of hydrogen-bond acceptors (Lipinski definition) is 5. The number of nitrogens with zero attached hydrogens (tertiary/aromatic N) is 5. The van der Waals surface area contributed by atoms with Crippen molar-refractivity contribution in [3.63, 3.8) is 0 Å². The third kappa shape index (κ3) is 8.12. The van der Waals surface area contributed by atoms with Crippen LogP contribution in [0.1, 0.15) is 25.2 Å². The van der Waals surface area contributed by atoms with Gasteiger partial charge in [0.2, 0.25) is 0 Å². The van der Waals surface area contributed by atoms with Crippen molar-refractivity contribution in [1.29, 1.82) is 5.26 Å². The zero-order valence-electron chi connectivity index (χ0n) is 16.0. The second-order valence-corrected chi connectivity index (χ2v) is 5.62. The van der Waals surface area contributed by atoms with Gasteiger partial charge in [0.05, 0.1) is 17.1 Å². The van der Waals surface area contributed by atoms with E-state index in [-0.39, 0.29) is 31.6 Å². The second-order valence-electron chi connectivity index (χ2n) is 5.62. The van der Waals surface area contributed by atoms with Crippen LogP contribution in [0.5, 0.6) is 0 Å². The molecule has 0 atom stereocenters. The van der Waals surface area contributed by atoms with Crippen molar-refractivity contribution in [3.8, 4) is 11.4 Å². The largest absolute Gasteiger partial charge is 0.512 e. The molecule has 0 aliphatic carbocycles. The fraction of sp³-hybridized carbons (Fsp3) is 0.200. The summed E-state index contributed by atoms with van der Waals surface area (Å²) in [5.74, 6) is -0.0625. The Labute approximate surface area is 178 Å². The molecule has 1 radical (unpaired) electrons. The molecule has 0 unspecified atom stereocenters. The van der Waals surface area contributed by atoms with E-state index in [9.17, 15) is 4.79 Å². The summed E-state index contributed by atoms with van der Waals surface area (Å²) in [4.78, 5) is 10.0. The Morgan fingerprint density at radius 2 is 1.46 bits per heavy atom. The number of ketones is 1. The maximum absolute atomic E-state index is 10.0. The summed E-state index contributed by atoms with van der Waals surface area (Å²) in [5, 5.41) is 23.4. The molecule has 7 nitrogen and oxygen atoms in total. The smallest absolute Gasteiger partial charge is 0.155 e. The molecule has 149 valence electrons. The number of aryl methyl sites for hydroxylation is 2. The molecule has 0 saturated heterocycles. The van der Waals surface area contributed by atoms with Crippen molar-refractivity contribution in [2.24, 2.45) is 0 Å². The second kappa shape index (κ2) is 12.4. The Morgan fingerprint density at radius 1 is 1.04 bits per heavy atom. The number of aliphatic hydroxyl groups is 1. The van der Waals surface area contributed by atoms with Crippen LogP contribution in [0.25, 0.3) is 11.4 Å². The first-order chi connectivity index (χ1) is 12.8. The van der Waals surface area contributed by atoms with Crippen LogP contribution < -0.4 is 0 Å². The Bertz CT molecular complexity index is 881. The number of aromatic nitrogens is 4. The minimum atomic E-state index is -0.125. The summed E-state index contributed by atoms with van der Waals surface area (Å²) < 4.78 is 3.63. The summed E-state index contributed by atoms with van der Waals surface area (Å²) in [7, 11) is 0. The Kier molecular flexibility index (Phi) is 11.1. The molecule has 0 spiro atoms. The van der Waals surface area contributed by atoms with Crippen LogP contribution in [-0.4, -0.2) is 30.5 Å². The number of aliphatic hydroxyl groups excluding tert-OH is 1. The van der Waals surface area contributed by atoms with Gasteiger partial charge >= 0.3 is 0 Å².